The Hall–Kier alpha value is -1.67. The molecule has 0 aromatic heterocycles. The van der Waals surface area contributed by atoms with Crippen molar-refractivity contribution in [1.82, 2.24) is 5.43 Å². The lowest BCUT2D eigenvalue weighted by Gasteiger charge is -2.09. The van der Waals surface area contributed by atoms with Gasteiger partial charge in [0.15, 0.2) is 5.11 Å². The molecule has 5 nitrogen and oxygen atoms in total. The van der Waals surface area contributed by atoms with Gasteiger partial charge in [-0.25, -0.2) is 14.3 Å². The van der Waals surface area contributed by atoms with Gasteiger partial charge < -0.3 is 10.7 Å². The zero-order chi connectivity index (χ0) is 16.3. The highest BCUT2D eigenvalue weighted by molar-refractivity contribution is 7.91. The van der Waals surface area contributed by atoms with Crippen LogP contribution in [0.3, 0.4) is 0 Å². The zero-order valence-electron chi connectivity index (χ0n) is 11.6. The quantitative estimate of drug-likeness (QED) is 0.446. The molecular formula is C14H14ClN3O2S2. The second-order valence-corrected chi connectivity index (χ2v) is 7.30. The summed E-state index contributed by atoms with van der Waals surface area (Å²) in [6.07, 6.45) is 0. The van der Waals surface area contributed by atoms with Crippen molar-refractivity contribution in [3.05, 3.63) is 53.1 Å². The van der Waals surface area contributed by atoms with Gasteiger partial charge in [-0.15, -0.1) is 0 Å². The van der Waals surface area contributed by atoms with Gasteiger partial charge in [0.1, 0.15) is 0 Å². The first-order chi connectivity index (χ1) is 10.3. The summed E-state index contributed by atoms with van der Waals surface area (Å²) >= 11 is 10.8. The smallest absolute Gasteiger partial charge is 0.206 e. The van der Waals surface area contributed by atoms with Crippen LogP contribution in [0.25, 0.3) is 0 Å². The normalized spacial score (nSPS) is 11.0. The van der Waals surface area contributed by atoms with E-state index in [0.717, 1.165) is 0 Å². The van der Waals surface area contributed by atoms with Crippen LogP contribution in [0.2, 0.25) is 5.02 Å². The molecule has 0 fully saturated rings. The Labute approximate surface area is 139 Å². The summed E-state index contributed by atoms with van der Waals surface area (Å²) in [5.41, 5.74) is 3.63. The zero-order valence-corrected chi connectivity index (χ0v) is 14.0. The molecule has 0 amide bonds. The standard InChI is InChI=1S/C14H14ClN3O2S2/c1-9-8-12(6-7-13(9)15)22(19,20)11-4-2-10(3-5-11)17-14(21)18-16/h2-8H,16H2,1H3,(H2,17,18,21). The van der Waals surface area contributed by atoms with E-state index in [1.165, 1.54) is 18.2 Å². The second-order valence-electron chi connectivity index (χ2n) is 4.54. The van der Waals surface area contributed by atoms with E-state index in [-0.39, 0.29) is 14.9 Å². The number of hydrogen-bond acceptors (Lipinski definition) is 4. The van der Waals surface area contributed by atoms with Crippen LogP contribution < -0.4 is 16.6 Å². The lowest BCUT2D eigenvalue weighted by atomic mass is 10.2. The van der Waals surface area contributed by atoms with Crippen LogP contribution in [0.15, 0.2) is 52.3 Å². The summed E-state index contributed by atoms with van der Waals surface area (Å²) in [5, 5.41) is 3.58. The van der Waals surface area contributed by atoms with Crippen LogP contribution in [0, 0.1) is 6.92 Å². The minimum absolute atomic E-state index is 0.186. The summed E-state index contributed by atoms with van der Waals surface area (Å²) < 4.78 is 25.1. The average molecular weight is 356 g/mol. The molecule has 0 spiro atoms. The van der Waals surface area contributed by atoms with E-state index in [0.29, 0.717) is 16.3 Å². The number of sulfone groups is 1. The van der Waals surface area contributed by atoms with Gasteiger partial charge in [0.25, 0.3) is 0 Å². The van der Waals surface area contributed by atoms with E-state index in [1.54, 1.807) is 31.2 Å². The highest BCUT2D eigenvalue weighted by Gasteiger charge is 2.18. The van der Waals surface area contributed by atoms with Crippen LogP contribution in [0.5, 0.6) is 0 Å². The maximum absolute atomic E-state index is 12.6. The average Bonchev–Trinajstić information content (AvgIpc) is 2.50. The number of anilines is 1. The third kappa shape index (κ3) is 3.56. The Morgan fingerprint density at radius 1 is 1.14 bits per heavy atom. The molecule has 4 N–H and O–H groups in total. The summed E-state index contributed by atoms with van der Waals surface area (Å²) in [5.74, 6) is 5.16. The van der Waals surface area contributed by atoms with Crippen molar-refractivity contribution in [2.24, 2.45) is 5.84 Å². The fraction of sp³-hybridized carbons (Fsp3) is 0.0714. The van der Waals surface area contributed by atoms with Gasteiger partial charge in [-0.05, 0) is 67.2 Å². The Morgan fingerprint density at radius 2 is 1.73 bits per heavy atom. The van der Waals surface area contributed by atoms with Crippen LogP contribution in [-0.2, 0) is 9.84 Å². The molecule has 0 aliphatic heterocycles. The molecule has 2 aromatic carbocycles. The number of hydrazine groups is 1. The summed E-state index contributed by atoms with van der Waals surface area (Å²) in [6.45, 7) is 1.76. The third-order valence-corrected chi connectivity index (χ3v) is 5.40. The Kier molecular flexibility index (Phi) is 5.02. The maximum Gasteiger partial charge on any atom is 0.206 e. The fourth-order valence-corrected chi connectivity index (χ4v) is 3.39. The largest absolute Gasteiger partial charge is 0.332 e. The first-order valence-electron chi connectivity index (χ1n) is 6.23. The monoisotopic (exact) mass is 355 g/mol. The summed E-state index contributed by atoms with van der Waals surface area (Å²) in [7, 11) is -3.59. The van der Waals surface area contributed by atoms with Crippen molar-refractivity contribution >= 4 is 44.5 Å². The highest BCUT2D eigenvalue weighted by atomic mass is 35.5. The van der Waals surface area contributed by atoms with Gasteiger partial charge >= 0.3 is 0 Å². The molecule has 0 saturated carbocycles. The number of hydrogen-bond donors (Lipinski definition) is 3. The predicted molar refractivity (Wildman–Crippen MR) is 91.6 cm³/mol. The van der Waals surface area contributed by atoms with E-state index in [1.807, 2.05) is 0 Å². The molecular weight excluding hydrogens is 342 g/mol. The van der Waals surface area contributed by atoms with Gasteiger partial charge in [0.2, 0.25) is 9.84 Å². The van der Waals surface area contributed by atoms with E-state index in [9.17, 15) is 8.42 Å². The Morgan fingerprint density at radius 3 is 2.27 bits per heavy atom. The molecule has 22 heavy (non-hydrogen) atoms. The van der Waals surface area contributed by atoms with Crippen molar-refractivity contribution in [2.75, 3.05) is 5.32 Å². The minimum atomic E-state index is -3.59. The minimum Gasteiger partial charge on any atom is -0.332 e. The topological polar surface area (TPSA) is 84.2 Å². The van der Waals surface area contributed by atoms with E-state index in [2.05, 4.69) is 10.7 Å². The number of benzene rings is 2. The molecule has 8 heteroatoms. The van der Waals surface area contributed by atoms with Gasteiger partial charge in [-0.3, -0.25) is 0 Å². The SMILES string of the molecule is Cc1cc(S(=O)(=O)c2ccc(NC(=S)NN)cc2)ccc1Cl. The van der Waals surface area contributed by atoms with Gasteiger partial charge in [0, 0.05) is 10.7 Å². The molecule has 0 saturated heterocycles. The van der Waals surface area contributed by atoms with Crippen molar-refractivity contribution in [3.8, 4) is 0 Å². The first-order valence-corrected chi connectivity index (χ1v) is 8.50. The van der Waals surface area contributed by atoms with Gasteiger partial charge in [0.05, 0.1) is 9.79 Å². The lowest BCUT2D eigenvalue weighted by Crippen LogP contribution is -2.34. The molecule has 0 radical (unpaired) electrons. The highest BCUT2D eigenvalue weighted by Crippen LogP contribution is 2.25. The molecule has 0 aliphatic carbocycles. The van der Waals surface area contributed by atoms with Crippen molar-refractivity contribution < 1.29 is 8.42 Å². The molecule has 2 rings (SSSR count). The summed E-state index contributed by atoms with van der Waals surface area (Å²) in [4.78, 5) is 0.389. The molecule has 0 aliphatic rings. The van der Waals surface area contributed by atoms with E-state index >= 15 is 0 Å². The molecule has 0 heterocycles. The van der Waals surface area contributed by atoms with Crippen molar-refractivity contribution in [1.29, 1.82) is 0 Å². The fourth-order valence-electron chi connectivity index (χ4n) is 1.81. The van der Waals surface area contributed by atoms with Crippen LogP contribution >= 0.6 is 23.8 Å². The molecule has 0 bridgehead atoms. The Balaban J connectivity index is 2.33. The summed E-state index contributed by atoms with van der Waals surface area (Å²) in [6, 6.07) is 10.8. The Bertz CT molecular complexity index is 805. The number of nitrogens with one attached hydrogen (secondary N) is 2. The molecule has 0 atom stereocenters. The predicted octanol–water partition coefficient (Wildman–Crippen LogP) is 2.64. The van der Waals surface area contributed by atoms with Gasteiger partial charge in [-0.1, -0.05) is 11.6 Å². The maximum atomic E-state index is 12.6. The lowest BCUT2D eigenvalue weighted by molar-refractivity contribution is 0.596. The first kappa shape index (κ1) is 16.7. The van der Waals surface area contributed by atoms with Crippen molar-refractivity contribution in [2.45, 2.75) is 16.7 Å². The molecule has 116 valence electrons. The number of aryl methyl sites for hydroxylation is 1. The number of rotatable bonds is 3. The molecule has 0 unspecified atom stereocenters. The number of thiocarbonyl (C=S) groups is 1. The number of halogens is 1. The number of nitrogens with two attached hydrogens (primary N) is 1. The van der Waals surface area contributed by atoms with Gasteiger partial charge in [-0.2, -0.15) is 0 Å². The van der Waals surface area contributed by atoms with E-state index in [4.69, 9.17) is 29.7 Å². The third-order valence-electron chi connectivity index (χ3n) is 2.99. The van der Waals surface area contributed by atoms with Crippen LogP contribution in [0.4, 0.5) is 5.69 Å². The van der Waals surface area contributed by atoms with E-state index < -0.39 is 9.84 Å². The second kappa shape index (κ2) is 6.62. The van der Waals surface area contributed by atoms with Crippen LogP contribution in [0.1, 0.15) is 5.56 Å². The van der Waals surface area contributed by atoms with Crippen molar-refractivity contribution in [3.63, 3.8) is 0 Å². The van der Waals surface area contributed by atoms with Crippen LogP contribution in [-0.4, -0.2) is 13.5 Å². The molecule has 2 aromatic rings.